The zero-order valence-corrected chi connectivity index (χ0v) is 16.0. The van der Waals surface area contributed by atoms with Crippen molar-refractivity contribution in [1.29, 1.82) is 0 Å². The number of carbonyl (C=O) groups excluding carboxylic acids is 2. The van der Waals surface area contributed by atoms with E-state index < -0.39 is 6.09 Å². The van der Waals surface area contributed by atoms with E-state index in [1.165, 1.54) is 0 Å². The predicted molar refractivity (Wildman–Crippen MR) is 100 cm³/mol. The summed E-state index contributed by atoms with van der Waals surface area (Å²) in [5, 5.41) is 2.76. The molecule has 1 saturated carbocycles. The maximum absolute atomic E-state index is 12.0. The van der Waals surface area contributed by atoms with E-state index in [0.717, 1.165) is 63.0 Å². The molecule has 1 aliphatic carbocycles. The average Bonchev–Trinajstić information content (AvgIpc) is 3.21. The van der Waals surface area contributed by atoms with Gasteiger partial charge in [0.25, 0.3) is 0 Å². The van der Waals surface area contributed by atoms with Crippen LogP contribution in [0.1, 0.15) is 49.9 Å². The Hall–Kier alpha value is -2.31. The highest BCUT2D eigenvalue weighted by Crippen LogP contribution is 2.27. The number of amides is 2. The van der Waals surface area contributed by atoms with E-state index in [1.54, 1.807) is 4.90 Å². The topological polar surface area (TPSA) is 80.8 Å². The fraction of sp³-hybridized carbons (Fsp3) is 0.650. The van der Waals surface area contributed by atoms with Crippen LogP contribution in [0.15, 0.2) is 18.2 Å². The van der Waals surface area contributed by atoms with Crippen LogP contribution in [0.5, 0.6) is 0 Å². The Morgan fingerprint density at radius 3 is 2.63 bits per heavy atom. The van der Waals surface area contributed by atoms with Crippen molar-refractivity contribution in [3.63, 3.8) is 0 Å². The minimum atomic E-state index is -0.401. The Labute approximate surface area is 160 Å². The molecule has 0 aromatic carbocycles. The van der Waals surface area contributed by atoms with Crippen LogP contribution in [0.2, 0.25) is 0 Å². The van der Waals surface area contributed by atoms with Crippen LogP contribution in [-0.4, -0.2) is 47.9 Å². The van der Waals surface area contributed by atoms with Crippen molar-refractivity contribution in [2.45, 2.75) is 58.1 Å². The van der Waals surface area contributed by atoms with Gasteiger partial charge in [-0.15, -0.1) is 0 Å². The molecule has 0 atom stereocenters. The molecule has 1 aliphatic heterocycles. The van der Waals surface area contributed by atoms with Crippen molar-refractivity contribution < 1.29 is 19.1 Å². The summed E-state index contributed by atoms with van der Waals surface area (Å²) in [5.74, 6) is 0.357. The monoisotopic (exact) mass is 375 g/mol. The highest BCUT2D eigenvalue weighted by atomic mass is 16.6. The summed E-state index contributed by atoms with van der Waals surface area (Å²) in [5.41, 5.74) is 1.74. The van der Waals surface area contributed by atoms with Gasteiger partial charge in [0.1, 0.15) is 6.10 Å². The second-order valence-corrected chi connectivity index (χ2v) is 7.44. The number of aryl methyl sites for hydroxylation is 1. The zero-order chi connectivity index (χ0) is 19.1. The smallest absolute Gasteiger partial charge is 0.409 e. The fourth-order valence-electron chi connectivity index (χ4n) is 3.65. The molecular formula is C20H29N3O4. The molecule has 2 amide bonds. The Morgan fingerprint density at radius 1 is 1.19 bits per heavy atom. The SMILES string of the molecule is Cc1cccc(CNC(=O)OC2CCC(COC(=O)N3CCCC3)CC2)n1. The van der Waals surface area contributed by atoms with E-state index in [4.69, 9.17) is 9.47 Å². The molecule has 0 bridgehead atoms. The number of carbonyl (C=O) groups is 2. The molecule has 148 valence electrons. The number of alkyl carbamates (subject to hydrolysis) is 1. The average molecular weight is 375 g/mol. The van der Waals surface area contributed by atoms with Gasteiger partial charge in [-0.25, -0.2) is 9.59 Å². The van der Waals surface area contributed by atoms with Gasteiger partial charge in [-0.05, 0) is 63.5 Å². The number of rotatable bonds is 5. The number of ether oxygens (including phenoxy) is 2. The van der Waals surface area contributed by atoms with Crippen molar-refractivity contribution in [2.24, 2.45) is 5.92 Å². The maximum Gasteiger partial charge on any atom is 0.409 e. The van der Waals surface area contributed by atoms with Gasteiger partial charge in [0.15, 0.2) is 0 Å². The summed E-state index contributed by atoms with van der Waals surface area (Å²) < 4.78 is 10.9. The number of nitrogens with one attached hydrogen (secondary N) is 1. The van der Waals surface area contributed by atoms with Gasteiger partial charge >= 0.3 is 12.2 Å². The van der Waals surface area contributed by atoms with Crippen molar-refractivity contribution in [1.82, 2.24) is 15.2 Å². The number of likely N-dealkylation sites (tertiary alicyclic amines) is 1. The van der Waals surface area contributed by atoms with Gasteiger partial charge in [-0.3, -0.25) is 4.98 Å². The van der Waals surface area contributed by atoms with Gasteiger partial charge in [-0.1, -0.05) is 6.07 Å². The van der Waals surface area contributed by atoms with Gasteiger partial charge < -0.3 is 19.7 Å². The number of hydrogen-bond acceptors (Lipinski definition) is 5. The van der Waals surface area contributed by atoms with Gasteiger partial charge in [-0.2, -0.15) is 0 Å². The maximum atomic E-state index is 12.0. The first-order valence-electron chi connectivity index (χ1n) is 9.89. The summed E-state index contributed by atoms with van der Waals surface area (Å²) in [6, 6.07) is 5.72. The first-order valence-corrected chi connectivity index (χ1v) is 9.89. The quantitative estimate of drug-likeness (QED) is 0.853. The van der Waals surface area contributed by atoms with Gasteiger partial charge in [0.2, 0.25) is 0 Å². The van der Waals surface area contributed by atoms with E-state index in [9.17, 15) is 9.59 Å². The number of aromatic nitrogens is 1. The van der Waals surface area contributed by atoms with E-state index >= 15 is 0 Å². The number of nitrogens with zero attached hydrogens (tertiary/aromatic N) is 2. The van der Waals surface area contributed by atoms with Crippen LogP contribution < -0.4 is 5.32 Å². The lowest BCUT2D eigenvalue weighted by molar-refractivity contribution is 0.0442. The highest BCUT2D eigenvalue weighted by Gasteiger charge is 2.26. The molecule has 2 heterocycles. The molecule has 7 nitrogen and oxygen atoms in total. The van der Waals surface area contributed by atoms with Crippen molar-refractivity contribution >= 4 is 12.2 Å². The molecule has 1 N–H and O–H groups in total. The summed E-state index contributed by atoms with van der Waals surface area (Å²) in [6.45, 7) is 4.37. The standard InChI is InChI=1S/C20H29N3O4/c1-15-5-4-6-17(22-15)13-21-19(24)27-18-9-7-16(8-10-18)14-26-20(25)23-11-2-3-12-23/h4-6,16,18H,2-3,7-14H2,1H3,(H,21,24). The third-order valence-electron chi connectivity index (χ3n) is 5.23. The van der Waals surface area contributed by atoms with Gasteiger partial charge in [0, 0.05) is 18.8 Å². The van der Waals surface area contributed by atoms with Crippen molar-refractivity contribution in [3.8, 4) is 0 Å². The summed E-state index contributed by atoms with van der Waals surface area (Å²) in [4.78, 5) is 30.0. The Morgan fingerprint density at radius 2 is 1.93 bits per heavy atom. The Bertz CT molecular complexity index is 638. The molecule has 1 aromatic heterocycles. The molecule has 0 spiro atoms. The second-order valence-electron chi connectivity index (χ2n) is 7.44. The molecule has 2 aliphatic rings. The third kappa shape index (κ3) is 6.12. The molecule has 0 radical (unpaired) electrons. The number of pyridine rings is 1. The molecule has 3 rings (SSSR count). The van der Waals surface area contributed by atoms with E-state index in [1.807, 2.05) is 25.1 Å². The summed E-state index contributed by atoms with van der Waals surface area (Å²) >= 11 is 0. The predicted octanol–water partition coefficient (Wildman–Crippen LogP) is 3.41. The summed E-state index contributed by atoms with van der Waals surface area (Å²) in [7, 11) is 0. The van der Waals surface area contributed by atoms with E-state index in [0.29, 0.717) is 19.1 Å². The molecule has 1 saturated heterocycles. The first kappa shape index (κ1) is 19.5. The zero-order valence-electron chi connectivity index (χ0n) is 16.0. The summed E-state index contributed by atoms with van der Waals surface area (Å²) in [6.07, 6.45) is 4.91. The van der Waals surface area contributed by atoms with Crippen molar-refractivity contribution in [2.75, 3.05) is 19.7 Å². The molecule has 7 heteroatoms. The van der Waals surface area contributed by atoms with Crippen LogP contribution in [0.3, 0.4) is 0 Å². The van der Waals surface area contributed by atoms with Crippen LogP contribution in [0, 0.1) is 12.8 Å². The highest BCUT2D eigenvalue weighted by molar-refractivity contribution is 5.68. The van der Waals surface area contributed by atoms with E-state index in [2.05, 4.69) is 10.3 Å². The molecule has 1 aromatic rings. The Balaban J connectivity index is 1.30. The van der Waals surface area contributed by atoms with Crippen LogP contribution in [0.4, 0.5) is 9.59 Å². The van der Waals surface area contributed by atoms with Crippen LogP contribution in [0.25, 0.3) is 0 Å². The Kier molecular flexibility index (Phi) is 6.90. The fourth-order valence-corrected chi connectivity index (χ4v) is 3.65. The lowest BCUT2D eigenvalue weighted by atomic mass is 9.88. The normalized spacial score (nSPS) is 22.3. The first-order chi connectivity index (χ1) is 13.1. The lowest BCUT2D eigenvalue weighted by Gasteiger charge is -2.28. The van der Waals surface area contributed by atoms with Crippen LogP contribution >= 0.6 is 0 Å². The lowest BCUT2D eigenvalue weighted by Crippen LogP contribution is -2.33. The van der Waals surface area contributed by atoms with Crippen molar-refractivity contribution in [3.05, 3.63) is 29.6 Å². The molecular weight excluding hydrogens is 346 g/mol. The van der Waals surface area contributed by atoms with Gasteiger partial charge in [0.05, 0.1) is 18.8 Å². The largest absolute Gasteiger partial charge is 0.449 e. The molecule has 27 heavy (non-hydrogen) atoms. The van der Waals surface area contributed by atoms with Crippen LogP contribution in [-0.2, 0) is 16.0 Å². The second kappa shape index (κ2) is 9.58. The molecule has 0 unspecified atom stereocenters. The third-order valence-corrected chi connectivity index (χ3v) is 5.23. The number of hydrogen-bond donors (Lipinski definition) is 1. The minimum Gasteiger partial charge on any atom is -0.449 e. The van der Waals surface area contributed by atoms with E-state index in [-0.39, 0.29) is 12.2 Å². The molecule has 2 fully saturated rings. The minimum absolute atomic E-state index is 0.0685.